The van der Waals surface area contributed by atoms with E-state index in [1.54, 1.807) is 0 Å². The van der Waals surface area contributed by atoms with E-state index in [2.05, 4.69) is 0 Å². The molecular weight excluding hydrogens is 218 g/mol. The van der Waals surface area contributed by atoms with Gasteiger partial charge in [-0.1, -0.05) is 44.2 Å². The molecule has 0 heterocycles. The molecule has 1 aromatic rings. The van der Waals surface area contributed by atoms with Gasteiger partial charge in [0.2, 0.25) is 0 Å². The molecule has 1 rings (SSSR count). The van der Waals surface area contributed by atoms with Gasteiger partial charge in [0.1, 0.15) is 6.29 Å². The maximum absolute atomic E-state index is 11.2. The maximum atomic E-state index is 11.2. The van der Waals surface area contributed by atoms with Crippen molar-refractivity contribution in [1.82, 2.24) is 4.90 Å². The van der Waals surface area contributed by atoms with Crippen LogP contribution in [0.15, 0.2) is 30.3 Å². The van der Waals surface area contributed by atoms with Gasteiger partial charge < -0.3 is 14.8 Å². The normalized spacial score (nSPS) is 12.9. The standard InChI is InChI=1S/C13H17NO3/c1-13(2,10-7-5-4-6-8-10)11(9-15)14(3)12(16)17/h4-9,11H,1-3H3,(H,16,17)/t11-/m1/s1. The van der Waals surface area contributed by atoms with Crippen LogP contribution in [0.3, 0.4) is 0 Å². The van der Waals surface area contributed by atoms with E-state index in [0.717, 1.165) is 10.5 Å². The van der Waals surface area contributed by atoms with Crippen molar-refractivity contribution >= 4 is 12.4 Å². The fourth-order valence-corrected chi connectivity index (χ4v) is 1.90. The van der Waals surface area contributed by atoms with E-state index in [4.69, 9.17) is 5.11 Å². The van der Waals surface area contributed by atoms with Crippen LogP contribution < -0.4 is 0 Å². The van der Waals surface area contributed by atoms with E-state index in [1.807, 2.05) is 44.2 Å². The summed E-state index contributed by atoms with van der Waals surface area (Å²) < 4.78 is 0. The zero-order valence-electron chi connectivity index (χ0n) is 10.3. The molecule has 1 N–H and O–H groups in total. The number of nitrogens with zero attached hydrogens (tertiary/aromatic N) is 1. The van der Waals surface area contributed by atoms with Crippen LogP contribution in [0.5, 0.6) is 0 Å². The third-order valence-corrected chi connectivity index (χ3v) is 3.11. The van der Waals surface area contributed by atoms with Gasteiger partial charge in [0.25, 0.3) is 0 Å². The van der Waals surface area contributed by atoms with Gasteiger partial charge in [0.05, 0.1) is 6.04 Å². The lowest BCUT2D eigenvalue weighted by Gasteiger charge is -2.35. The smallest absolute Gasteiger partial charge is 0.407 e. The summed E-state index contributed by atoms with van der Waals surface area (Å²) in [5.74, 6) is 0. The molecule has 0 saturated carbocycles. The molecule has 0 aliphatic heterocycles. The van der Waals surface area contributed by atoms with Crippen molar-refractivity contribution in [2.45, 2.75) is 25.3 Å². The van der Waals surface area contributed by atoms with Crippen molar-refractivity contribution in [2.75, 3.05) is 7.05 Å². The number of amides is 1. The van der Waals surface area contributed by atoms with Gasteiger partial charge in [-0.05, 0) is 5.56 Å². The van der Waals surface area contributed by atoms with Gasteiger partial charge >= 0.3 is 6.09 Å². The van der Waals surface area contributed by atoms with Gasteiger partial charge in [0.15, 0.2) is 0 Å². The van der Waals surface area contributed by atoms with Crippen LogP contribution in [-0.4, -0.2) is 35.5 Å². The van der Waals surface area contributed by atoms with Crippen LogP contribution in [-0.2, 0) is 10.2 Å². The highest BCUT2D eigenvalue weighted by Gasteiger charge is 2.36. The summed E-state index contributed by atoms with van der Waals surface area (Å²) >= 11 is 0. The van der Waals surface area contributed by atoms with Crippen molar-refractivity contribution in [2.24, 2.45) is 0 Å². The van der Waals surface area contributed by atoms with Crippen LogP contribution in [0.4, 0.5) is 4.79 Å². The average molecular weight is 235 g/mol. The molecule has 92 valence electrons. The summed E-state index contributed by atoms with van der Waals surface area (Å²) in [7, 11) is 1.41. The Morgan fingerprint density at radius 1 is 1.35 bits per heavy atom. The molecule has 4 nitrogen and oxygen atoms in total. The highest BCUT2D eigenvalue weighted by atomic mass is 16.4. The SMILES string of the molecule is CN(C(=O)O)[C@H](C=O)C(C)(C)c1ccccc1. The Hall–Kier alpha value is -1.84. The molecule has 0 spiro atoms. The van der Waals surface area contributed by atoms with E-state index in [-0.39, 0.29) is 0 Å². The molecule has 0 radical (unpaired) electrons. The highest BCUT2D eigenvalue weighted by molar-refractivity contribution is 5.73. The van der Waals surface area contributed by atoms with Crippen molar-refractivity contribution in [1.29, 1.82) is 0 Å². The molecule has 0 bridgehead atoms. The fraction of sp³-hybridized carbons (Fsp3) is 0.385. The Morgan fingerprint density at radius 2 is 1.88 bits per heavy atom. The molecule has 17 heavy (non-hydrogen) atoms. The third kappa shape index (κ3) is 2.64. The number of carbonyl (C=O) groups excluding carboxylic acids is 1. The first-order chi connectivity index (χ1) is 7.91. The highest BCUT2D eigenvalue weighted by Crippen LogP contribution is 2.28. The van der Waals surface area contributed by atoms with Gasteiger partial charge in [0, 0.05) is 12.5 Å². The molecule has 0 saturated heterocycles. The number of benzene rings is 1. The largest absolute Gasteiger partial charge is 0.465 e. The lowest BCUT2D eigenvalue weighted by atomic mass is 9.78. The molecular formula is C13H17NO3. The Balaban J connectivity index is 3.10. The molecule has 1 amide bonds. The zero-order valence-corrected chi connectivity index (χ0v) is 10.3. The van der Waals surface area contributed by atoms with E-state index >= 15 is 0 Å². The predicted octanol–water partition coefficient (Wildman–Crippen LogP) is 2.14. The molecule has 0 aliphatic rings. The van der Waals surface area contributed by atoms with Crippen LogP contribution in [0.2, 0.25) is 0 Å². The molecule has 0 fully saturated rings. The van der Waals surface area contributed by atoms with Crippen molar-refractivity contribution in [3.63, 3.8) is 0 Å². The summed E-state index contributed by atoms with van der Waals surface area (Å²) in [6, 6.07) is 8.72. The number of carboxylic acid groups (broad SMARTS) is 1. The average Bonchev–Trinajstić information content (AvgIpc) is 2.30. The molecule has 4 heteroatoms. The van der Waals surface area contributed by atoms with Crippen molar-refractivity contribution in [3.8, 4) is 0 Å². The second-order valence-electron chi connectivity index (χ2n) is 4.56. The Kier molecular flexibility index (Phi) is 3.89. The lowest BCUT2D eigenvalue weighted by molar-refractivity contribution is -0.113. The maximum Gasteiger partial charge on any atom is 0.407 e. The second-order valence-corrected chi connectivity index (χ2v) is 4.56. The predicted molar refractivity (Wildman–Crippen MR) is 65.1 cm³/mol. The van der Waals surface area contributed by atoms with E-state index in [9.17, 15) is 9.59 Å². The molecule has 1 atom stereocenters. The monoisotopic (exact) mass is 235 g/mol. The minimum atomic E-state index is -1.11. The van der Waals surface area contributed by atoms with Crippen LogP contribution >= 0.6 is 0 Å². The summed E-state index contributed by atoms with van der Waals surface area (Å²) in [5.41, 5.74) is 0.376. The number of aldehydes is 1. The summed E-state index contributed by atoms with van der Waals surface area (Å²) in [6.45, 7) is 3.72. The van der Waals surface area contributed by atoms with Crippen LogP contribution in [0.25, 0.3) is 0 Å². The first-order valence-electron chi connectivity index (χ1n) is 5.38. The minimum Gasteiger partial charge on any atom is -0.465 e. The van der Waals surface area contributed by atoms with Crippen LogP contribution in [0, 0.1) is 0 Å². The number of hydrogen-bond acceptors (Lipinski definition) is 2. The number of hydrogen-bond donors (Lipinski definition) is 1. The molecule has 1 aromatic carbocycles. The fourth-order valence-electron chi connectivity index (χ4n) is 1.90. The molecule has 0 unspecified atom stereocenters. The Labute approximate surface area is 101 Å². The van der Waals surface area contributed by atoms with E-state index in [0.29, 0.717) is 6.29 Å². The van der Waals surface area contributed by atoms with Crippen molar-refractivity contribution < 1.29 is 14.7 Å². The van der Waals surface area contributed by atoms with Crippen molar-refractivity contribution in [3.05, 3.63) is 35.9 Å². The van der Waals surface area contributed by atoms with Gasteiger partial charge in [-0.3, -0.25) is 0 Å². The molecule has 0 aliphatic carbocycles. The Bertz CT molecular complexity index is 400. The number of carbonyl (C=O) groups is 2. The lowest BCUT2D eigenvalue weighted by Crippen LogP contribution is -2.49. The summed E-state index contributed by atoms with van der Waals surface area (Å²) in [4.78, 5) is 23.2. The zero-order chi connectivity index (χ0) is 13.1. The summed E-state index contributed by atoms with van der Waals surface area (Å²) in [6.07, 6.45) is -0.424. The molecule has 0 aromatic heterocycles. The quantitative estimate of drug-likeness (QED) is 0.813. The van der Waals surface area contributed by atoms with Gasteiger partial charge in [-0.25, -0.2) is 4.79 Å². The van der Waals surface area contributed by atoms with E-state index < -0.39 is 17.6 Å². The first kappa shape index (κ1) is 13.2. The number of likely N-dealkylation sites (N-methyl/N-ethyl adjacent to an activating group) is 1. The van der Waals surface area contributed by atoms with Gasteiger partial charge in [-0.15, -0.1) is 0 Å². The summed E-state index contributed by atoms with van der Waals surface area (Å²) in [5, 5.41) is 8.96. The minimum absolute atomic E-state index is 0.559. The van der Waals surface area contributed by atoms with Gasteiger partial charge in [-0.2, -0.15) is 0 Å². The topological polar surface area (TPSA) is 57.6 Å². The Morgan fingerprint density at radius 3 is 2.29 bits per heavy atom. The third-order valence-electron chi connectivity index (χ3n) is 3.11. The van der Waals surface area contributed by atoms with Crippen LogP contribution in [0.1, 0.15) is 19.4 Å². The first-order valence-corrected chi connectivity index (χ1v) is 5.38. The van der Waals surface area contributed by atoms with E-state index in [1.165, 1.54) is 7.05 Å². The number of rotatable bonds is 4. The second kappa shape index (κ2) is 4.99.